The zero-order valence-corrected chi connectivity index (χ0v) is 11.3. The first-order valence-corrected chi connectivity index (χ1v) is 6.16. The number of aromatic nitrogens is 2. The van der Waals surface area contributed by atoms with Gasteiger partial charge in [-0.1, -0.05) is 0 Å². The van der Waals surface area contributed by atoms with E-state index < -0.39 is 5.97 Å². The number of esters is 1. The lowest BCUT2D eigenvalue weighted by Crippen LogP contribution is -2.36. The number of carbonyl (C=O) groups excluding carboxylic acids is 2. The van der Waals surface area contributed by atoms with Crippen molar-refractivity contribution >= 4 is 28.5 Å². The van der Waals surface area contributed by atoms with E-state index in [2.05, 4.69) is 14.9 Å². The van der Waals surface area contributed by atoms with E-state index in [1.807, 2.05) is 0 Å². The van der Waals surface area contributed by atoms with Gasteiger partial charge in [0.25, 0.3) is 5.91 Å². The number of amides is 1. The Hall–Kier alpha value is -2.57. The zero-order chi connectivity index (χ0) is 14.7. The second-order valence-electron chi connectivity index (χ2n) is 4.27. The highest BCUT2D eigenvalue weighted by Crippen LogP contribution is 2.20. The summed E-state index contributed by atoms with van der Waals surface area (Å²) in [6, 6.07) is 5.16. The molecule has 2 rings (SSSR count). The van der Waals surface area contributed by atoms with Crippen LogP contribution in [0.2, 0.25) is 0 Å². The van der Waals surface area contributed by atoms with E-state index >= 15 is 0 Å². The fraction of sp³-hybridized carbons (Fsp3) is 0.308. The Bertz CT molecular complexity index is 650. The third-order valence-corrected chi connectivity index (χ3v) is 3.01. The number of hydrogen-bond acceptors (Lipinski definition) is 5. The van der Waals surface area contributed by atoms with Gasteiger partial charge in [-0.25, -0.2) is 0 Å². The molecule has 106 valence electrons. The quantitative estimate of drug-likeness (QED) is 0.634. The summed E-state index contributed by atoms with van der Waals surface area (Å²) in [7, 11) is 1.28. The molecule has 3 N–H and O–H groups in total. The average molecular weight is 276 g/mol. The zero-order valence-electron chi connectivity index (χ0n) is 11.3. The first-order chi connectivity index (χ1) is 9.56. The number of methoxy groups -OCH3 is 1. The summed E-state index contributed by atoms with van der Waals surface area (Å²) in [4.78, 5) is 25.1. The number of hydrogen-bond donors (Lipinski definition) is 2. The third-order valence-electron chi connectivity index (χ3n) is 3.01. The first kappa shape index (κ1) is 13.9. The third kappa shape index (κ3) is 2.56. The molecule has 1 amide bonds. The number of likely N-dealkylation sites (N-methyl/N-ethyl adjacent to an activating group) is 1. The lowest BCUT2D eigenvalue weighted by molar-refractivity contribution is -0.141. The molecule has 0 bridgehead atoms. The van der Waals surface area contributed by atoms with Crippen molar-refractivity contribution < 1.29 is 14.3 Å². The van der Waals surface area contributed by atoms with Gasteiger partial charge in [-0.2, -0.15) is 5.10 Å². The highest BCUT2D eigenvalue weighted by molar-refractivity contribution is 6.06. The van der Waals surface area contributed by atoms with Gasteiger partial charge < -0.3 is 15.4 Å². The van der Waals surface area contributed by atoms with Crippen LogP contribution in [-0.2, 0) is 9.53 Å². The number of nitrogens with zero attached hydrogens (tertiary/aromatic N) is 2. The van der Waals surface area contributed by atoms with Crippen molar-refractivity contribution in [3.63, 3.8) is 0 Å². The van der Waals surface area contributed by atoms with Crippen LogP contribution in [0.4, 0.5) is 5.69 Å². The second-order valence-corrected chi connectivity index (χ2v) is 4.27. The highest BCUT2D eigenvalue weighted by atomic mass is 16.5. The molecular weight excluding hydrogens is 260 g/mol. The number of aromatic amines is 1. The fourth-order valence-corrected chi connectivity index (χ4v) is 1.89. The number of benzene rings is 1. The SMILES string of the molecule is CCN(CC(=O)OC)C(=O)c1n[nH]c2ccc(N)cc12. The summed E-state index contributed by atoms with van der Waals surface area (Å²) in [6.45, 7) is 2.05. The van der Waals surface area contributed by atoms with E-state index in [9.17, 15) is 9.59 Å². The fourth-order valence-electron chi connectivity index (χ4n) is 1.89. The molecule has 0 radical (unpaired) electrons. The van der Waals surface area contributed by atoms with Crippen LogP contribution in [0.5, 0.6) is 0 Å². The number of nitrogen functional groups attached to an aromatic ring is 1. The molecule has 0 atom stereocenters. The predicted octanol–water partition coefficient (Wildman–Crippen LogP) is 0.780. The lowest BCUT2D eigenvalue weighted by atomic mass is 10.1. The molecular formula is C13H16N4O3. The predicted molar refractivity (Wildman–Crippen MR) is 74.1 cm³/mol. The number of ether oxygens (including phenoxy) is 1. The van der Waals surface area contributed by atoms with Gasteiger partial charge in [0.1, 0.15) is 6.54 Å². The molecule has 7 heteroatoms. The van der Waals surface area contributed by atoms with Crippen molar-refractivity contribution in [3.8, 4) is 0 Å². The largest absolute Gasteiger partial charge is 0.468 e. The Labute approximate surface area is 115 Å². The van der Waals surface area contributed by atoms with Gasteiger partial charge in [-0.3, -0.25) is 14.7 Å². The molecule has 0 spiro atoms. The minimum Gasteiger partial charge on any atom is -0.468 e. The second kappa shape index (κ2) is 5.60. The average Bonchev–Trinajstić information content (AvgIpc) is 2.86. The maximum Gasteiger partial charge on any atom is 0.325 e. The summed E-state index contributed by atoms with van der Waals surface area (Å²) in [5.74, 6) is -0.811. The summed E-state index contributed by atoms with van der Waals surface area (Å²) in [5.41, 5.74) is 7.23. The van der Waals surface area contributed by atoms with Crippen molar-refractivity contribution in [2.75, 3.05) is 25.9 Å². The molecule has 0 aliphatic carbocycles. The summed E-state index contributed by atoms with van der Waals surface area (Å²) >= 11 is 0. The monoisotopic (exact) mass is 276 g/mol. The molecule has 2 aromatic rings. The molecule has 0 aliphatic rings. The van der Waals surface area contributed by atoms with Crippen LogP contribution >= 0.6 is 0 Å². The van der Waals surface area contributed by atoms with Crippen molar-refractivity contribution in [1.29, 1.82) is 0 Å². The summed E-state index contributed by atoms with van der Waals surface area (Å²) < 4.78 is 4.58. The lowest BCUT2D eigenvalue weighted by Gasteiger charge is -2.18. The molecule has 1 aromatic heterocycles. The van der Waals surface area contributed by atoms with Gasteiger partial charge in [-0.15, -0.1) is 0 Å². The molecule has 20 heavy (non-hydrogen) atoms. The maximum atomic E-state index is 12.4. The smallest absolute Gasteiger partial charge is 0.325 e. The minimum absolute atomic E-state index is 0.109. The Morgan fingerprint density at radius 2 is 2.20 bits per heavy atom. The Kier molecular flexibility index (Phi) is 3.88. The van der Waals surface area contributed by atoms with Crippen LogP contribution < -0.4 is 5.73 Å². The van der Waals surface area contributed by atoms with Crippen LogP contribution in [-0.4, -0.2) is 47.2 Å². The number of H-pyrrole nitrogens is 1. The summed E-state index contributed by atoms with van der Waals surface area (Å²) in [5, 5.41) is 7.43. The number of carbonyl (C=O) groups is 2. The van der Waals surface area contributed by atoms with E-state index in [1.54, 1.807) is 25.1 Å². The summed E-state index contributed by atoms with van der Waals surface area (Å²) in [6.07, 6.45) is 0. The highest BCUT2D eigenvalue weighted by Gasteiger charge is 2.22. The standard InChI is InChI=1S/C13H16N4O3/c1-3-17(7-11(18)20-2)13(19)12-9-6-8(14)4-5-10(9)15-16-12/h4-6H,3,7,14H2,1-2H3,(H,15,16). The van der Waals surface area contributed by atoms with Crippen LogP contribution in [0.15, 0.2) is 18.2 Å². The number of anilines is 1. The van der Waals surface area contributed by atoms with Crippen molar-refractivity contribution in [2.24, 2.45) is 0 Å². The van der Waals surface area contributed by atoms with E-state index in [0.29, 0.717) is 17.6 Å². The van der Waals surface area contributed by atoms with E-state index in [1.165, 1.54) is 12.0 Å². The van der Waals surface area contributed by atoms with Crippen molar-refractivity contribution in [1.82, 2.24) is 15.1 Å². The van der Waals surface area contributed by atoms with Crippen LogP contribution in [0, 0.1) is 0 Å². The van der Waals surface area contributed by atoms with Crippen LogP contribution in [0.3, 0.4) is 0 Å². The van der Waals surface area contributed by atoms with E-state index in [0.717, 1.165) is 5.52 Å². The Balaban J connectivity index is 2.34. The molecule has 0 saturated heterocycles. The number of rotatable bonds is 4. The van der Waals surface area contributed by atoms with Crippen LogP contribution in [0.1, 0.15) is 17.4 Å². The number of nitrogens with two attached hydrogens (primary N) is 1. The van der Waals surface area contributed by atoms with Gasteiger partial charge in [0.15, 0.2) is 5.69 Å². The Morgan fingerprint density at radius 1 is 1.45 bits per heavy atom. The molecule has 0 fully saturated rings. The van der Waals surface area contributed by atoms with Gasteiger partial charge in [0, 0.05) is 17.6 Å². The number of fused-ring (bicyclic) bond motifs is 1. The molecule has 0 aliphatic heterocycles. The van der Waals surface area contributed by atoms with E-state index in [4.69, 9.17) is 5.73 Å². The molecule has 0 saturated carbocycles. The minimum atomic E-state index is -0.473. The van der Waals surface area contributed by atoms with Crippen molar-refractivity contribution in [2.45, 2.75) is 6.92 Å². The normalized spacial score (nSPS) is 10.5. The van der Waals surface area contributed by atoms with Crippen molar-refractivity contribution in [3.05, 3.63) is 23.9 Å². The molecule has 1 heterocycles. The Morgan fingerprint density at radius 3 is 2.85 bits per heavy atom. The van der Waals surface area contributed by atoms with Crippen LogP contribution in [0.25, 0.3) is 10.9 Å². The van der Waals surface area contributed by atoms with E-state index in [-0.39, 0.29) is 18.1 Å². The number of nitrogens with one attached hydrogen (secondary N) is 1. The first-order valence-electron chi connectivity index (χ1n) is 6.16. The van der Waals surface area contributed by atoms with Gasteiger partial charge in [0.05, 0.1) is 12.6 Å². The van der Waals surface area contributed by atoms with Gasteiger partial charge in [0.2, 0.25) is 0 Å². The van der Waals surface area contributed by atoms with Gasteiger partial charge in [-0.05, 0) is 25.1 Å². The van der Waals surface area contributed by atoms with Gasteiger partial charge >= 0.3 is 5.97 Å². The maximum absolute atomic E-state index is 12.4. The molecule has 1 aromatic carbocycles. The molecule has 7 nitrogen and oxygen atoms in total. The molecule has 0 unspecified atom stereocenters. The topological polar surface area (TPSA) is 101 Å².